The molecule has 0 aliphatic rings. The van der Waals surface area contributed by atoms with E-state index in [0.29, 0.717) is 5.92 Å². The van der Waals surface area contributed by atoms with Crippen molar-refractivity contribution >= 4 is 11.3 Å². The Hall–Kier alpha value is -0.480. The largest absolute Gasteiger partial charge is 0.313 e. The minimum atomic E-state index is 0.667. The minimum absolute atomic E-state index is 0.667. The molecule has 0 spiro atoms. The van der Waals surface area contributed by atoms with Crippen molar-refractivity contribution in [2.24, 2.45) is 5.92 Å². The van der Waals surface area contributed by atoms with Gasteiger partial charge in [-0.05, 0) is 13.0 Å². The predicted molar refractivity (Wildman–Crippen MR) is 51.2 cm³/mol. The van der Waals surface area contributed by atoms with Gasteiger partial charge in [0, 0.05) is 13.0 Å². The number of rotatable bonds is 4. The second-order valence-corrected chi connectivity index (χ2v) is 4.36. The molecule has 0 amide bonds. The van der Waals surface area contributed by atoms with Crippen LogP contribution in [0.15, 0.2) is 0 Å². The maximum atomic E-state index is 4.10. The second-order valence-electron chi connectivity index (χ2n) is 3.22. The van der Waals surface area contributed by atoms with Crippen LogP contribution in [0, 0.1) is 5.92 Å². The van der Waals surface area contributed by atoms with Crippen LogP contribution in [0.25, 0.3) is 0 Å². The summed E-state index contributed by atoms with van der Waals surface area (Å²) in [6, 6.07) is 0. The number of nitrogens with zero attached hydrogens (tertiary/aromatic N) is 2. The van der Waals surface area contributed by atoms with Crippen LogP contribution in [-0.4, -0.2) is 17.2 Å². The van der Waals surface area contributed by atoms with Crippen LogP contribution in [0.3, 0.4) is 0 Å². The first-order valence-electron chi connectivity index (χ1n) is 4.18. The van der Waals surface area contributed by atoms with Crippen molar-refractivity contribution in [1.82, 2.24) is 15.5 Å². The fourth-order valence-electron chi connectivity index (χ4n) is 0.943. The molecule has 0 radical (unpaired) electrons. The van der Waals surface area contributed by atoms with Gasteiger partial charge < -0.3 is 5.32 Å². The lowest BCUT2D eigenvalue weighted by Gasteiger charge is -1.96. The Morgan fingerprint density at radius 3 is 2.58 bits per heavy atom. The Labute approximate surface area is 77.2 Å². The molecule has 68 valence electrons. The molecule has 1 N–H and O–H groups in total. The third kappa shape index (κ3) is 2.87. The lowest BCUT2D eigenvalue weighted by molar-refractivity contribution is 0.639. The zero-order valence-corrected chi connectivity index (χ0v) is 8.61. The number of aromatic nitrogens is 2. The van der Waals surface area contributed by atoms with Gasteiger partial charge in [0.25, 0.3) is 0 Å². The molecule has 4 heteroatoms. The number of hydrogen-bond donors (Lipinski definition) is 1. The Morgan fingerprint density at radius 1 is 1.33 bits per heavy atom. The first-order valence-corrected chi connectivity index (χ1v) is 5.00. The summed E-state index contributed by atoms with van der Waals surface area (Å²) in [7, 11) is 1.92. The molecule has 0 bridgehead atoms. The van der Waals surface area contributed by atoms with Gasteiger partial charge in [-0.15, -0.1) is 21.5 Å². The molecule has 1 heterocycles. The SMILES string of the molecule is CNCc1nnc(CC(C)C)s1. The van der Waals surface area contributed by atoms with Gasteiger partial charge in [-0.25, -0.2) is 0 Å². The molecule has 0 fully saturated rings. The van der Waals surface area contributed by atoms with E-state index in [-0.39, 0.29) is 0 Å². The molecule has 1 aromatic heterocycles. The molecule has 0 atom stereocenters. The molecule has 1 rings (SSSR count). The van der Waals surface area contributed by atoms with Gasteiger partial charge in [0.2, 0.25) is 0 Å². The molecular formula is C8H15N3S. The van der Waals surface area contributed by atoms with Gasteiger partial charge >= 0.3 is 0 Å². The molecule has 12 heavy (non-hydrogen) atoms. The van der Waals surface area contributed by atoms with Crippen molar-refractivity contribution in [3.8, 4) is 0 Å². The highest BCUT2D eigenvalue weighted by molar-refractivity contribution is 7.11. The first-order chi connectivity index (χ1) is 5.72. The van der Waals surface area contributed by atoms with Crippen LogP contribution in [0.2, 0.25) is 0 Å². The molecular weight excluding hydrogens is 170 g/mol. The maximum absolute atomic E-state index is 4.10. The lowest BCUT2D eigenvalue weighted by atomic mass is 10.1. The third-order valence-electron chi connectivity index (χ3n) is 1.42. The van der Waals surface area contributed by atoms with E-state index in [1.807, 2.05) is 7.05 Å². The van der Waals surface area contributed by atoms with Crippen LogP contribution in [0.5, 0.6) is 0 Å². The van der Waals surface area contributed by atoms with E-state index in [0.717, 1.165) is 23.0 Å². The van der Waals surface area contributed by atoms with Crippen LogP contribution in [-0.2, 0) is 13.0 Å². The van der Waals surface area contributed by atoms with Gasteiger partial charge in [-0.3, -0.25) is 0 Å². The lowest BCUT2D eigenvalue weighted by Crippen LogP contribution is -2.04. The van der Waals surface area contributed by atoms with Crippen LogP contribution < -0.4 is 5.32 Å². The molecule has 1 aromatic rings. The summed E-state index contributed by atoms with van der Waals surface area (Å²) < 4.78 is 0. The Morgan fingerprint density at radius 2 is 2.00 bits per heavy atom. The summed E-state index contributed by atoms with van der Waals surface area (Å²) in [5.41, 5.74) is 0. The quantitative estimate of drug-likeness (QED) is 0.771. The van der Waals surface area contributed by atoms with Crippen LogP contribution in [0.1, 0.15) is 23.9 Å². The van der Waals surface area contributed by atoms with Crippen molar-refractivity contribution in [1.29, 1.82) is 0 Å². The summed E-state index contributed by atoms with van der Waals surface area (Å²) in [5, 5.41) is 13.5. The van der Waals surface area contributed by atoms with Gasteiger partial charge in [-0.1, -0.05) is 13.8 Å². The summed E-state index contributed by atoms with van der Waals surface area (Å²) in [6.07, 6.45) is 1.04. The van der Waals surface area contributed by atoms with Gasteiger partial charge in [-0.2, -0.15) is 0 Å². The average molecular weight is 185 g/mol. The Kier molecular flexibility index (Phi) is 3.62. The highest BCUT2D eigenvalue weighted by Crippen LogP contribution is 2.13. The van der Waals surface area contributed by atoms with Gasteiger partial charge in [0.15, 0.2) is 0 Å². The molecule has 0 aliphatic carbocycles. The molecule has 0 aromatic carbocycles. The normalized spacial score (nSPS) is 11.0. The summed E-state index contributed by atoms with van der Waals surface area (Å²) in [4.78, 5) is 0. The maximum Gasteiger partial charge on any atom is 0.131 e. The minimum Gasteiger partial charge on any atom is -0.313 e. The zero-order chi connectivity index (χ0) is 8.97. The van der Waals surface area contributed by atoms with E-state index in [1.54, 1.807) is 11.3 Å². The van der Waals surface area contributed by atoms with E-state index in [4.69, 9.17) is 0 Å². The van der Waals surface area contributed by atoms with E-state index in [2.05, 4.69) is 29.4 Å². The van der Waals surface area contributed by atoms with Crippen molar-refractivity contribution in [3.63, 3.8) is 0 Å². The number of nitrogens with one attached hydrogen (secondary N) is 1. The van der Waals surface area contributed by atoms with Crippen LogP contribution >= 0.6 is 11.3 Å². The predicted octanol–water partition coefficient (Wildman–Crippen LogP) is 1.46. The Balaban J connectivity index is 2.52. The summed E-state index contributed by atoms with van der Waals surface area (Å²) >= 11 is 1.70. The topological polar surface area (TPSA) is 37.8 Å². The monoisotopic (exact) mass is 185 g/mol. The molecule has 0 aliphatic heterocycles. The smallest absolute Gasteiger partial charge is 0.131 e. The van der Waals surface area contributed by atoms with Crippen molar-refractivity contribution in [3.05, 3.63) is 10.0 Å². The average Bonchev–Trinajstić information content (AvgIpc) is 2.36. The Bertz CT molecular complexity index is 232. The number of hydrogen-bond acceptors (Lipinski definition) is 4. The molecule has 0 unspecified atom stereocenters. The van der Waals surface area contributed by atoms with Crippen molar-refractivity contribution in [2.45, 2.75) is 26.8 Å². The molecule has 3 nitrogen and oxygen atoms in total. The van der Waals surface area contributed by atoms with Crippen molar-refractivity contribution in [2.75, 3.05) is 7.05 Å². The van der Waals surface area contributed by atoms with E-state index < -0.39 is 0 Å². The van der Waals surface area contributed by atoms with E-state index in [1.165, 1.54) is 0 Å². The molecule has 0 saturated heterocycles. The van der Waals surface area contributed by atoms with Gasteiger partial charge in [0.05, 0.1) is 0 Å². The fraction of sp³-hybridized carbons (Fsp3) is 0.750. The van der Waals surface area contributed by atoms with Crippen LogP contribution in [0.4, 0.5) is 0 Å². The van der Waals surface area contributed by atoms with E-state index in [9.17, 15) is 0 Å². The first kappa shape index (κ1) is 9.61. The fourth-order valence-corrected chi connectivity index (χ4v) is 2.01. The molecule has 0 saturated carbocycles. The summed E-state index contributed by atoms with van der Waals surface area (Å²) in [6.45, 7) is 5.22. The van der Waals surface area contributed by atoms with E-state index >= 15 is 0 Å². The second kappa shape index (κ2) is 4.52. The summed E-state index contributed by atoms with van der Waals surface area (Å²) in [5.74, 6) is 0.667. The third-order valence-corrected chi connectivity index (χ3v) is 2.37. The van der Waals surface area contributed by atoms with Gasteiger partial charge in [0.1, 0.15) is 10.0 Å². The zero-order valence-electron chi connectivity index (χ0n) is 7.79. The standard InChI is InChI=1S/C8H15N3S/c1-6(2)4-7-10-11-8(12-7)5-9-3/h6,9H,4-5H2,1-3H3. The highest BCUT2D eigenvalue weighted by Gasteiger charge is 2.04. The highest BCUT2D eigenvalue weighted by atomic mass is 32.1. The van der Waals surface area contributed by atoms with Crippen molar-refractivity contribution < 1.29 is 0 Å².